The fourth-order valence-electron chi connectivity index (χ4n) is 1.87. The van der Waals surface area contributed by atoms with E-state index in [1.165, 1.54) is 6.07 Å². The number of hydrogen-bond donors (Lipinski definition) is 2. The largest absolute Gasteiger partial charge is 0.467 e. The fraction of sp³-hybridized carbons (Fsp3) is 0.500. The lowest BCUT2D eigenvalue weighted by Crippen LogP contribution is -2.43. The molecule has 0 bridgehead atoms. The molecular formula is C16H20BrF3N2O4. The smallest absolute Gasteiger partial charge is 0.416 e. The van der Waals surface area contributed by atoms with E-state index in [0.29, 0.717) is 0 Å². The highest BCUT2D eigenvalue weighted by Gasteiger charge is 2.31. The first-order valence-electron chi connectivity index (χ1n) is 7.51. The Morgan fingerprint density at radius 1 is 1.19 bits per heavy atom. The van der Waals surface area contributed by atoms with E-state index in [-0.39, 0.29) is 16.7 Å². The van der Waals surface area contributed by atoms with Crippen LogP contribution in [0.5, 0.6) is 0 Å². The first-order valence-corrected chi connectivity index (χ1v) is 8.30. The summed E-state index contributed by atoms with van der Waals surface area (Å²) in [5, 5.41) is 5.00. The molecule has 1 unspecified atom stereocenters. The van der Waals surface area contributed by atoms with Crippen molar-refractivity contribution in [2.75, 3.05) is 19.0 Å². The van der Waals surface area contributed by atoms with E-state index in [1.54, 1.807) is 20.8 Å². The highest BCUT2D eigenvalue weighted by Crippen LogP contribution is 2.33. The number of halogens is 4. The number of anilines is 1. The Morgan fingerprint density at radius 3 is 2.31 bits per heavy atom. The average Bonchev–Trinajstić information content (AvgIpc) is 2.47. The fourth-order valence-corrected chi connectivity index (χ4v) is 2.37. The minimum atomic E-state index is -4.55. The molecule has 0 aromatic heterocycles. The van der Waals surface area contributed by atoms with Crippen LogP contribution < -0.4 is 10.6 Å². The molecule has 26 heavy (non-hydrogen) atoms. The first-order chi connectivity index (χ1) is 11.8. The van der Waals surface area contributed by atoms with Crippen molar-refractivity contribution in [2.45, 2.75) is 38.6 Å². The number of carbonyl (C=O) groups excluding carboxylic acids is 2. The molecule has 1 aromatic rings. The number of carbonyl (C=O) groups is 2. The van der Waals surface area contributed by atoms with E-state index in [2.05, 4.69) is 31.3 Å². The average molecular weight is 441 g/mol. The van der Waals surface area contributed by atoms with Gasteiger partial charge in [0.05, 0.1) is 19.2 Å². The van der Waals surface area contributed by atoms with Crippen LogP contribution in [0.25, 0.3) is 0 Å². The highest BCUT2D eigenvalue weighted by molar-refractivity contribution is 9.10. The Morgan fingerprint density at radius 2 is 1.81 bits per heavy atom. The molecule has 10 heteroatoms. The predicted octanol–water partition coefficient (Wildman–Crippen LogP) is 3.95. The summed E-state index contributed by atoms with van der Waals surface area (Å²) in [5.74, 6) is -0.755. The van der Waals surface area contributed by atoms with Gasteiger partial charge in [0.15, 0.2) is 0 Å². The Bertz CT molecular complexity index is 660. The van der Waals surface area contributed by atoms with E-state index in [0.717, 1.165) is 19.2 Å². The van der Waals surface area contributed by atoms with Gasteiger partial charge in [0, 0.05) is 10.2 Å². The summed E-state index contributed by atoms with van der Waals surface area (Å²) in [6.07, 6.45) is -5.31. The molecule has 1 rings (SSSR count). The monoisotopic (exact) mass is 440 g/mol. The molecule has 1 atom stereocenters. The van der Waals surface area contributed by atoms with Gasteiger partial charge in [0.2, 0.25) is 0 Å². The van der Waals surface area contributed by atoms with Gasteiger partial charge in [0.1, 0.15) is 11.6 Å². The van der Waals surface area contributed by atoms with Crippen molar-refractivity contribution in [1.82, 2.24) is 5.32 Å². The van der Waals surface area contributed by atoms with Gasteiger partial charge in [-0.25, -0.2) is 9.59 Å². The first kappa shape index (κ1) is 22.1. The molecule has 0 aliphatic heterocycles. The number of benzene rings is 1. The summed E-state index contributed by atoms with van der Waals surface area (Å²) >= 11 is 3.00. The second-order valence-corrected chi connectivity index (χ2v) is 7.24. The summed E-state index contributed by atoms with van der Waals surface area (Å²) < 4.78 is 48.6. The second kappa shape index (κ2) is 8.61. The molecule has 0 fully saturated rings. The van der Waals surface area contributed by atoms with Gasteiger partial charge in [-0.05, 0) is 39.0 Å². The predicted molar refractivity (Wildman–Crippen MR) is 92.8 cm³/mol. The summed E-state index contributed by atoms with van der Waals surface area (Å²) in [6, 6.07) is 2.03. The third-order valence-electron chi connectivity index (χ3n) is 2.90. The second-order valence-electron chi connectivity index (χ2n) is 6.33. The van der Waals surface area contributed by atoms with Crippen LogP contribution in [0, 0.1) is 0 Å². The minimum Gasteiger partial charge on any atom is -0.467 e. The summed E-state index contributed by atoms with van der Waals surface area (Å²) in [5.41, 5.74) is -1.59. The molecular weight excluding hydrogens is 421 g/mol. The topological polar surface area (TPSA) is 76.7 Å². The number of alkyl halides is 3. The lowest BCUT2D eigenvalue weighted by atomic mass is 10.1. The van der Waals surface area contributed by atoms with Crippen molar-refractivity contribution in [2.24, 2.45) is 0 Å². The zero-order valence-electron chi connectivity index (χ0n) is 14.7. The molecule has 6 nitrogen and oxygen atoms in total. The standard InChI is InChI=1S/C16H20BrF3N2O4/c1-15(2,3)26-14(24)21-8-12(13(23)25-4)22-11-6-9(16(18,19)20)5-10(17)7-11/h5-7,12,22H,8H2,1-4H3,(H,21,24). The molecule has 0 aliphatic rings. The van der Waals surface area contributed by atoms with E-state index in [9.17, 15) is 22.8 Å². The van der Waals surface area contributed by atoms with Gasteiger partial charge >= 0.3 is 18.2 Å². The highest BCUT2D eigenvalue weighted by atomic mass is 79.9. The van der Waals surface area contributed by atoms with Gasteiger partial charge < -0.3 is 20.1 Å². The molecule has 0 saturated heterocycles. The molecule has 0 spiro atoms. The molecule has 146 valence electrons. The Kier molecular flexibility index (Phi) is 7.31. The third-order valence-corrected chi connectivity index (χ3v) is 3.36. The van der Waals surface area contributed by atoms with E-state index < -0.39 is 35.4 Å². The number of nitrogens with one attached hydrogen (secondary N) is 2. The van der Waals surface area contributed by atoms with Gasteiger partial charge in [0.25, 0.3) is 0 Å². The van der Waals surface area contributed by atoms with Gasteiger partial charge in [-0.1, -0.05) is 15.9 Å². The summed E-state index contributed by atoms with van der Waals surface area (Å²) in [7, 11) is 1.13. The number of rotatable bonds is 5. The van der Waals surface area contributed by atoms with Crippen LogP contribution in [0.15, 0.2) is 22.7 Å². The lowest BCUT2D eigenvalue weighted by molar-refractivity contribution is -0.141. The van der Waals surface area contributed by atoms with Crippen LogP contribution in [0.1, 0.15) is 26.3 Å². The Labute approximate surface area is 157 Å². The van der Waals surface area contributed by atoms with Crippen molar-refractivity contribution < 1.29 is 32.2 Å². The van der Waals surface area contributed by atoms with Crippen LogP contribution in [0.3, 0.4) is 0 Å². The van der Waals surface area contributed by atoms with E-state index in [4.69, 9.17) is 4.74 Å². The van der Waals surface area contributed by atoms with E-state index >= 15 is 0 Å². The molecule has 0 heterocycles. The normalized spacial score (nSPS) is 12.9. The number of methoxy groups -OCH3 is 1. The molecule has 0 radical (unpaired) electrons. The molecule has 0 saturated carbocycles. The molecule has 0 aliphatic carbocycles. The summed E-state index contributed by atoms with van der Waals surface area (Å²) in [4.78, 5) is 23.6. The van der Waals surface area contributed by atoms with Crippen LogP contribution >= 0.6 is 15.9 Å². The lowest BCUT2D eigenvalue weighted by Gasteiger charge is -2.22. The van der Waals surface area contributed by atoms with Crippen LogP contribution in [0.4, 0.5) is 23.7 Å². The molecule has 1 aromatic carbocycles. The molecule has 1 amide bonds. The Hall–Kier alpha value is -1.97. The SMILES string of the molecule is COC(=O)C(CNC(=O)OC(C)(C)C)Nc1cc(Br)cc(C(F)(F)F)c1. The molecule has 2 N–H and O–H groups in total. The zero-order valence-corrected chi connectivity index (χ0v) is 16.2. The van der Waals surface area contributed by atoms with Crippen LogP contribution in [-0.4, -0.2) is 37.4 Å². The van der Waals surface area contributed by atoms with Gasteiger partial charge in [-0.2, -0.15) is 13.2 Å². The third kappa shape index (κ3) is 7.51. The quantitative estimate of drug-likeness (QED) is 0.677. The Balaban J connectivity index is 2.90. The van der Waals surface area contributed by atoms with E-state index in [1.807, 2.05) is 0 Å². The summed E-state index contributed by atoms with van der Waals surface area (Å²) in [6.45, 7) is 4.77. The number of esters is 1. The minimum absolute atomic E-state index is 0.0353. The number of alkyl carbamates (subject to hydrolysis) is 1. The maximum atomic E-state index is 12.9. The number of ether oxygens (including phenoxy) is 2. The van der Waals surface area contributed by atoms with Gasteiger partial charge in [-0.3, -0.25) is 0 Å². The van der Waals surface area contributed by atoms with Crippen LogP contribution in [-0.2, 0) is 20.4 Å². The zero-order chi connectivity index (χ0) is 20.1. The maximum Gasteiger partial charge on any atom is 0.416 e. The van der Waals surface area contributed by atoms with Crippen molar-refractivity contribution in [3.63, 3.8) is 0 Å². The van der Waals surface area contributed by atoms with Crippen molar-refractivity contribution in [1.29, 1.82) is 0 Å². The van der Waals surface area contributed by atoms with Crippen molar-refractivity contribution in [3.8, 4) is 0 Å². The maximum absolute atomic E-state index is 12.9. The van der Waals surface area contributed by atoms with Gasteiger partial charge in [-0.15, -0.1) is 0 Å². The van der Waals surface area contributed by atoms with Crippen LogP contribution in [0.2, 0.25) is 0 Å². The van der Waals surface area contributed by atoms with Crippen molar-refractivity contribution in [3.05, 3.63) is 28.2 Å². The number of hydrogen-bond acceptors (Lipinski definition) is 5. The number of amides is 1. The van der Waals surface area contributed by atoms with Crippen molar-refractivity contribution >= 4 is 33.7 Å².